The molecular weight excluding hydrogens is 694 g/mol. The molecule has 3 aromatic rings. The zero-order valence-corrected chi connectivity index (χ0v) is 28.3. The molecule has 3 fully saturated rings. The standard InChI is InChI=1S/C37H34BrN3O8/c1-19-8-10-22(11-9-19)39-41-34(46)27-18-25-23(12-13-24-30(25)35(47)40(33(24)45)15-14-29(42)43)31(26-16-21(38)17-28(49-2)32(26)44)37(27,36(41)48)20-6-4-3-5-7-20/h3-12,16-17,24-25,27,30-31,39,44H,13-15,18H2,1-2H3,(H,42,43). The molecule has 4 aliphatic rings. The maximum Gasteiger partial charge on any atom is 0.305 e. The van der Waals surface area contributed by atoms with Crippen LogP contribution in [0, 0.1) is 30.6 Å². The number of carboxylic acid groups (broad SMARTS) is 1. The minimum atomic E-state index is -1.57. The highest BCUT2D eigenvalue weighted by atomic mass is 79.9. The first-order valence-corrected chi connectivity index (χ1v) is 16.9. The fourth-order valence-corrected chi connectivity index (χ4v) is 9.01. The molecule has 0 aromatic heterocycles. The van der Waals surface area contributed by atoms with Gasteiger partial charge in [-0.05, 0) is 55.5 Å². The molecule has 2 aliphatic heterocycles. The SMILES string of the molecule is COc1cc(Br)cc(C2C3=CCC4C(=O)N(CCC(=O)O)C(=O)C4C3CC3C(=O)N(Nc4ccc(C)cc4)C(=O)C32c2ccccc2)c1O. The van der Waals surface area contributed by atoms with Crippen molar-refractivity contribution in [3.63, 3.8) is 0 Å². The molecule has 4 amide bonds. The Balaban J connectivity index is 1.45. The number of likely N-dealkylation sites (tertiary alicyclic amines) is 1. The van der Waals surface area contributed by atoms with Gasteiger partial charge in [-0.3, -0.25) is 34.3 Å². The van der Waals surface area contributed by atoms with Gasteiger partial charge in [-0.15, -0.1) is 0 Å². The number of halogens is 1. The van der Waals surface area contributed by atoms with Gasteiger partial charge in [0.25, 0.3) is 11.8 Å². The highest BCUT2D eigenvalue weighted by Gasteiger charge is 2.70. The van der Waals surface area contributed by atoms with Crippen molar-refractivity contribution in [3.05, 3.63) is 99.5 Å². The number of aliphatic carboxylic acids is 1. The van der Waals surface area contributed by atoms with E-state index in [0.29, 0.717) is 26.9 Å². The summed E-state index contributed by atoms with van der Waals surface area (Å²) in [5.41, 5.74) is 4.56. The van der Waals surface area contributed by atoms with Crippen LogP contribution in [-0.2, 0) is 29.4 Å². The van der Waals surface area contributed by atoms with E-state index in [9.17, 15) is 29.4 Å². The number of hydrogen-bond donors (Lipinski definition) is 3. The Kier molecular flexibility index (Phi) is 8.09. The Morgan fingerprint density at radius 2 is 1.71 bits per heavy atom. The van der Waals surface area contributed by atoms with Crippen molar-refractivity contribution in [3.8, 4) is 11.5 Å². The summed E-state index contributed by atoms with van der Waals surface area (Å²) in [6, 6.07) is 19.6. The molecule has 6 unspecified atom stereocenters. The van der Waals surface area contributed by atoms with Crippen molar-refractivity contribution >= 4 is 51.2 Å². The normalized spacial score (nSPS) is 27.4. The van der Waals surface area contributed by atoms with Crippen LogP contribution in [0.25, 0.3) is 0 Å². The van der Waals surface area contributed by atoms with Crippen LogP contribution < -0.4 is 10.2 Å². The van der Waals surface area contributed by atoms with Gasteiger partial charge in [-0.2, -0.15) is 5.01 Å². The summed E-state index contributed by atoms with van der Waals surface area (Å²) in [6.45, 7) is 1.68. The first-order chi connectivity index (χ1) is 23.5. The predicted octanol–water partition coefficient (Wildman–Crippen LogP) is 4.93. The lowest BCUT2D eigenvalue weighted by Crippen LogP contribution is -2.53. The largest absolute Gasteiger partial charge is 0.504 e. The van der Waals surface area contributed by atoms with Gasteiger partial charge in [0.2, 0.25) is 11.8 Å². The molecule has 3 N–H and O–H groups in total. The predicted molar refractivity (Wildman–Crippen MR) is 180 cm³/mol. The van der Waals surface area contributed by atoms with E-state index in [1.54, 1.807) is 48.5 Å². The van der Waals surface area contributed by atoms with Crippen LogP contribution in [0.5, 0.6) is 11.5 Å². The Morgan fingerprint density at radius 1 is 1.00 bits per heavy atom. The van der Waals surface area contributed by atoms with E-state index in [-0.39, 0.29) is 37.3 Å². The molecule has 2 aliphatic carbocycles. The number of ether oxygens (including phenoxy) is 1. The number of hydrazine groups is 1. The second kappa shape index (κ2) is 12.2. The summed E-state index contributed by atoms with van der Waals surface area (Å²) in [4.78, 5) is 69.9. The van der Waals surface area contributed by atoms with E-state index in [1.165, 1.54) is 7.11 Å². The number of fused-ring (bicyclic) bond motifs is 4. The van der Waals surface area contributed by atoms with Crippen LogP contribution in [0.1, 0.15) is 41.9 Å². The average Bonchev–Trinajstić information content (AvgIpc) is 3.46. The molecule has 3 aromatic carbocycles. The number of aryl methyl sites for hydroxylation is 1. The van der Waals surface area contributed by atoms with Crippen molar-refractivity contribution in [1.82, 2.24) is 9.91 Å². The van der Waals surface area contributed by atoms with E-state index in [0.717, 1.165) is 15.5 Å². The average molecular weight is 729 g/mol. The number of imide groups is 2. The third-order valence-corrected chi connectivity index (χ3v) is 11.1. The molecule has 11 nitrogen and oxygen atoms in total. The van der Waals surface area contributed by atoms with Gasteiger partial charge in [0.15, 0.2) is 11.5 Å². The molecule has 252 valence electrons. The highest BCUT2D eigenvalue weighted by Crippen LogP contribution is 2.65. The first kappa shape index (κ1) is 32.6. The van der Waals surface area contributed by atoms with E-state index in [1.807, 2.05) is 31.2 Å². The van der Waals surface area contributed by atoms with E-state index in [2.05, 4.69) is 21.4 Å². The number of anilines is 1. The van der Waals surface area contributed by atoms with Crippen LogP contribution in [0.2, 0.25) is 0 Å². The maximum absolute atomic E-state index is 15.2. The number of carbonyl (C=O) groups excluding carboxylic acids is 4. The van der Waals surface area contributed by atoms with Crippen LogP contribution in [0.3, 0.4) is 0 Å². The number of phenolic OH excluding ortho intramolecular Hbond substituents is 1. The van der Waals surface area contributed by atoms with Gasteiger partial charge in [0.05, 0.1) is 42.4 Å². The number of benzene rings is 3. The van der Waals surface area contributed by atoms with Crippen LogP contribution >= 0.6 is 15.9 Å². The fraction of sp³-hybridized carbons (Fsp3) is 0.324. The number of carboxylic acids is 1. The number of phenols is 1. The van der Waals surface area contributed by atoms with E-state index < -0.39 is 64.6 Å². The first-order valence-electron chi connectivity index (χ1n) is 16.1. The minimum Gasteiger partial charge on any atom is -0.504 e. The maximum atomic E-state index is 15.2. The van der Waals surface area contributed by atoms with E-state index >= 15 is 4.79 Å². The molecular formula is C37H34BrN3O8. The number of carbonyl (C=O) groups is 5. The summed E-state index contributed by atoms with van der Waals surface area (Å²) >= 11 is 3.54. The summed E-state index contributed by atoms with van der Waals surface area (Å²) in [7, 11) is 1.42. The van der Waals surface area contributed by atoms with Crippen LogP contribution in [0.15, 0.2) is 82.9 Å². The molecule has 0 spiro atoms. The third kappa shape index (κ3) is 4.95. The molecule has 0 radical (unpaired) electrons. The van der Waals surface area contributed by atoms with Crippen LogP contribution in [0.4, 0.5) is 5.69 Å². The Hall–Kier alpha value is -4.97. The molecule has 1 saturated carbocycles. The summed E-state index contributed by atoms with van der Waals surface area (Å²) in [5, 5.41) is 22.1. The molecule has 2 saturated heterocycles. The van der Waals surface area contributed by atoms with Crippen molar-refractivity contribution < 1.29 is 38.9 Å². The van der Waals surface area contributed by atoms with Crippen molar-refractivity contribution in [2.45, 2.75) is 37.5 Å². The number of rotatable bonds is 8. The van der Waals surface area contributed by atoms with Crippen molar-refractivity contribution in [1.29, 1.82) is 0 Å². The summed E-state index contributed by atoms with van der Waals surface area (Å²) in [5.74, 6) is -7.35. The summed E-state index contributed by atoms with van der Waals surface area (Å²) in [6.07, 6.45) is 1.75. The van der Waals surface area contributed by atoms with E-state index in [4.69, 9.17) is 4.74 Å². The lowest BCUT2D eigenvalue weighted by Gasteiger charge is -2.50. The van der Waals surface area contributed by atoms with Gasteiger partial charge in [-0.1, -0.05) is 75.6 Å². The number of hydrogen-bond acceptors (Lipinski definition) is 8. The monoisotopic (exact) mass is 727 g/mol. The third-order valence-electron chi connectivity index (χ3n) is 10.6. The Labute approximate surface area is 290 Å². The topological polar surface area (TPSA) is 154 Å². The molecule has 12 heteroatoms. The Bertz CT molecular complexity index is 1930. The molecule has 2 heterocycles. The van der Waals surface area contributed by atoms with Gasteiger partial charge in [-0.25, -0.2) is 0 Å². The Morgan fingerprint density at radius 3 is 2.39 bits per heavy atom. The second-order valence-electron chi connectivity index (χ2n) is 13.1. The van der Waals surface area contributed by atoms with Gasteiger partial charge < -0.3 is 14.9 Å². The fourth-order valence-electron chi connectivity index (χ4n) is 8.55. The number of nitrogens with one attached hydrogen (secondary N) is 1. The highest BCUT2D eigenvalue weighted by molar-refractivity contribution is 9.10. The van der Waals surface area contributed by atoms with Gasteiger partial charge in [0, 0.05) is 22.5 Å². The molecule has 6 atom stereocenters. The lowest BCUT2D eigenvalue weighted by atomic mass is 9.49. The molecule has 49 heavy (non-hydrogen) atoms. The van der Waals surface area contributed by atoms with Crippen molar-refractivity contribution in [2.24, 2.45) is 23.7 Å². The lowest BCUT2D eigenvalue weighted by molar-refractivity contribution is -0.143. The number of methoxy groups -OCH3 is 1. The molecule has 0 bridgehead atoms. The zero-order valence-electron chi connectivity index (χ0n) is 26.8. The smallest absolute Gasteiger partial charge is 0.305 e. The number of allylic oxidation sites excluding steroid dienone is 2. The minimum absolute atomic E-state index is 0.0761. The number of amides is 4. The number of aromatic hydroxyl groups is 1. The second-order valence-corrected chi connectivity index (χ2v) is 14.0. The molecule has 7 rings (SSSR count). The number of nitrogens with zero attached hydrogens (tertiary/aromatic N) is 2. The van der Waals surface area contributed by atoms with Crippen LogP contribution in [-0.4, -0.2) is 63.4 Å². The van der Waals surface area contributed by atoms with Crippen molar-refractivity contribution in [2.75, 3.05) is 19.1 Å². The summed E-state index contributed by atoms with van der Waals surface area (Å²) < 4.78 is 6.10. The van der Waals surface area contributed by atoms with Gasteiger partial charge in [0.1, 0.15) is 0 Å². The zero-order chi connectivity index (χ0) is 34.8. The quantitative estimate of drug-likeness (QED) is 0.217. The van der Waals surface area contributed by atoms with Gasteiger partial charge >= 0.3 is 5.97 Å².